The van der Waals surface area contributed by atoms with Gasteiger partial charge in [0.1, 0.15) is 0 Å². The summed E-state index contributed by atoms with van der Waals surface area (Å²) in [6.07, 6.45) is 2.26. The third kappa shape index (κ3) is 2.34. The Kier molecular flexibility index (Phi) is 3.55. The molecule has 2 aromatic rings. The SMILES string of the molecule is CCCC1CNC(=O)c2cc(-c3ccccc3)ccc21. The first-order chi connectivity index (χ1) is 9.79. The topological polar surface area (TPSA) is 29.1 Å². The van der Waals surface area contributed by atoms with E-state index in [1.54, 1.807) is 0 Å². The van der Waals surface area contributed by atoms with Crippen LogP contribution in [0.5, 0.6) is 0 Å². The van der Waals surface area contributed by atoms with E-state index in [4.69, 9.17) is 0 Å². The van der Waals surface area contributed by atoms with E-state index in [0.29, 0.717) is 5.92 Å². The second kappa shape index (κ2) is 5.49. The lowest BCUT2D eigenvalue weighted by molar-refractivity contribution is 0.0939. The van der Waals surface area contributed by atoms with Gasteiger partial charge in [0.2, 0.25) is 0 Å². The fraction of sp³-hybridized carbons (Fsp3) is 0.278. The lowest BCUT2D eigenvalue weighted by atomic mass is 9.85. The Balaban J connectivity index is 2.03. The van der Waals surface area contributed by atoms with E-state index in [1.807, 2.05) is 24.3 Å². The number of hydrogen-bond donors (Lipinski definition) is 1. The number of benzene rings is 2. The van der Waals surface area contributed by atoms with Crippen molar-refractivity contribution in [3.8, 4) is 11.1 Å². The molecule has 0 spiro atoms. The number of nitrogens with one attached hydrogen (secondary N) is 1. The summed E-state index contributed by atoms with van der Waals surface area (Å²) in [6, 6.07) is 16.5. The van der Waals surface area contributed by atoms with E-state index >= 15 is 0 Å². The average molecular weight is 265 g/mol. The van der Waals surface area contributed by atoms with Crippen molar-refractivity contribution in [1.29, 1.82) is 0 Å². The van der Waals surface area contributed by atoms with Gasteiger partial charge in [-0.25, -0.2) is 0 Å². The number of fused-ring (bicyclic) bond motifs is 1. The average Bonchev–Trinajstić information content (AvgIpc) is 2.51. The van der Waals surface area contributed by atoms with Crippen molar-refractivity contribution in [1.82, 2.24) is 5.32 Å². The van der Waals surface area contributed by atoms with Crippen molar-refractivity contribution in [3.63, 3.8) is 0 Å². The van der Waals surface area contributed by atoms with Crippen molar-refractivity contribution < 1.29 is 4.79 Å². The molecule has 1 heterocycles. The van der Waals surface area contributed by atoms with Crippen LogP contribution in [0.1, 0.15) is 41.6 Å². The van der Waals surface area contributed by atoms with Crippen LogP contribution in [0.4, 0.5) is 0 Å². The van der Waals surface area contributed by atoms with Crippen LogP contribution < -0.4 is 5.32 Å². The quantitative estimate of drug-likeness (QED) is 0.893. The van der Waals surface area contributed by atoms with E-state index in [2.05, 4.69) is 36.5 Å². The molecule has 2 nitrogen and oxygen atoms in total. The van der Waals surface area contributed by atoms with Gasteiger partial charge in [-0.05, 0) is 29.2 Å². The van der Waals surface area contributed by atoms with E-state index < -0.39 is 0 Å². The van der Waals surface area contributed by atoms with Crippen LogP contribution >= 0.6 is 0 Å². The van der Waals surface area contributed by atoms with Gasteiger partial charge in [-0.1, -0.05) is 55.8 Å². The molecule has 0 aromatic heterocycles. The number of carbonyl (C=O) groups is 1. The van der Waals surface area contributed by atoms with Crippen LogP contribution in [0.3, 0.4) is 0 Å². The Bertz CT molecular complexity index is 619. The van der Waals surface area contributed by atoms with Crippen LogP contribution in [0.15, 0.2) is 48.5 Å². The zero-order chi connectivity index (χ0) is 13.9. The number of carbonyl (C=O) groups excluding carboxylic acids is 1. The Hall–Kier alpha value is -2.09. The summed E-state index contributed by atoms with van der Waals surface area (Å²) >= 11 is 0. The first-order valence-corrected chi connectivity index (χ1v) is 7.27. The molecule has 3 rings (SSSR count). The van der Waals surface area contributed by atoms with Gasteiger partial charge in [-0.3, -0.25) is 4.79 Å². The lowest BCUT2D eigenvalue weighted by Crippen LogP contribution is -2.35. The summed E-state index contributed by atoms with van der Waals surface area (Å²) in [5, 5.41) is 3.01. The molecular weight excluding hydrogens is 246 g/mol. The molecule has 1 atom stereocenters. The molecule has 1 amide bonds. The minimum atomic E-state index is 0.0603. The van der Waals surface area contributed by atoms with Crippen LogP contribution in [0.2, 0.25) is 0 Å². The highest BCUT2D eigenvalue weighted by atomic mass is 16.1. The predicted octanol–water partition coefficient (Wildman–Crippen LogP) is 3.98. The van der Waals surface area contributed by atoms with E-state index in [9.17, 15) is 4.79 Å². The molecule has 1 unspecified atom stereocenters. The summed E-state index contributed by atoms with van der Waals surface area (Å²) in [5.41, 5.74) is 4.31. The van der Waals surface area contributed by atoms with Crippen LogP contribution in [-0.2, 0) is 0 Å². The molecule has 1 aliphatic heterocycles. The second-order valence-electron chi connectivity index (χ2n) is 5.36. The maximum atomic E-state index is 12.1. The zero-order valence-electron chi connectivity index (χ0n) is 11.7. The maximum Gasteiger partial charge on any atom is 0.251 e. The predicted molar refractivity (Wildman–Crippen MR) is 81.9 cm³/mol. The largest absolute Gasteiger partial charge is 0.351 e. The van der Waals surface area contributed by atoms with Crippen LogP contribution in [0.25, 0.3) is 11.1 Å². The smallest absolute Gasteiger partial charge is 0.251 e. The Morgan fingerprint density at radius 3 is 2.65 bits per heavy atom. The monoisotopic (exact) mass is 265 g/mol. The van der Waals surface area contributed by atoms with Gasteiger partial charge in [0.15, 0.2) is 0 Å². The van der Waals surface area contributed by atoms with E-state index in [1.165, 1.54) is 5.56 Å². The van der Waals surface area contributed by atoms with Gasteiger partial charge in [0, 0.05) is 18.0 Å². The molecule has 102 valence electrons. The van der Waals surface area contributed by atoms with Crippen LogP contribution in [0, 0.1) is 0 Å². The van der Waals surface area contributed by atoms with Crippen molar-refractivity contribution >= 4 is 5.91 Å². The summed E-state index contributed by atoms with van der Waals surface area (Å²) in [7, 11) is 0. The summed E-state index contributed by atoms with van der Waals surface area (Å²) in [4.78, 5) is 12.1. The molecule has 0 saturated carbocycles. The van der Waals surface area contributed by atoms with E-state index in [0.717, 1.165) is 36.1 Å². The first kappa shape index (κ1) is 12.9. The minimum absolute atomic E-state index is 0.0603. The first-order valence-electron chi connectivity index (χ1n) is 7.27. The third-order valence-electron chi connectivity index (χ3n) is 3.99. The highest BCUT2D eigenvalue weighted by Crippen LogP contribution is 2.31. The summed E-state index contributed by atoms with van der Waals surface area (Å²) in [5.74, 6) is 0.516. The molecule has 20 heavy (non-hydrogen) atoms. The normalized spacial score (nSPS) is 17.4. The second-order valence-corrected chi connectivity index (χ2v) is 5.36. The number of rotatable bonds is 3. The summed E-state index contributed by atoms with van der Waals surface area (Å²) in [6.45, 7) is 2.96. The van der Waals surface area contributed by atoms with Crippen molar-refractivity contribution in [3.05, 3.63) is 59.7 Å². The fourth-order valence-electron chi connectivity index (χ4n) is 2.95. The third-order valence-corrected chi connectivity index (χ3v) is 3.99. The zero-order valence-corrected chi connectivity index (χ0v) is 11.7. The van der Waals surface area contributed by atoms with Crippen molar-refractivity contribution in [2.75, 3.05) is 6.54 Å². The molecule has 0 saturated heterocycles. The Labute approximate surface area is 119 Å². The number of hydrogen-bond acceptors (Lipinski definition) is 1. The molecule has 1 aliphatic rings. The highest BCUT2D eigenvalue weighted by molar-refractivity contribution is 5.98. The van der Waals surface area contributed by atoms with Gasteiger partial charge in [0.25, 0.3) is 5.91 Å². The lowest BCUT2D eigenvalue weighted by Gasteiger charge is -2.26. The minimum Gasteiger partial charge on any atom is -0.351 e. The molecular formula is C18H19NO. The fourth-order valence-corrected chi connectivity index (χ4v) is 2.95. The molecule has 0 aliphatic carbocycles. The van der Waals surface area contributed by atoms with Gasteiger partial charge < -0.3 is 5.32 Å². The van der Waals surface area contributed by atoms with Crippen molar-refractivity contribution in [2.45, 2.75) is 25.7 Å². The highest BCUT2D eigenvalue weighted by Gasteiger charge is 2.24. The molecule has 0 bridgehead atoms. The molecule has 1 N–H and O–H groups in total. The summed E-state index contributed by atoms with van der Waals surface area (Å²) < 4.78 is 0. The number of amides is 1. The molecule has 2 aromatic carbocycles. The van der Waals surface area contributed by atoms with Gasteiger partial charge in [-0.15, -0.1) is 0 Å². The molecule has 0 fully saturated rings. The van der Waals surface area contributed by atoms with Gasteiger partial charge >= 0.3 is 0 Å². The van der Waals surface area contributed by atoms with Crippen molar-refractivity contribution in [2.24, 2.45) is 0 Å². The molecule has 0 radical (unpaired) electrons. The van der Waals surface area contributed by atoms with E-state index in [-0.39, 0.29) is 5.91 Å². The maximum absolute atomic E-state index is 12.1. The standard InChI is InChI=1S/C18H19NO/c1-2-6-15-12-19-18(20)17-11-14(9-10-16(15)17)13-7-4-3-5-8-13/h3-5,7-11,15H,2,6,12H2,1H3,(H,19,20). The van der Waals surface area contributed by atoms with Crippen LogP contribution in [-0.4, -0.2) is 12.5 Å². The Morgan fingerprint density at radius 2 is 1.90 bits per heavy atom. The van der Waals surface area contributed by atoms with Gasteiger partial charge in [-0.2, -0.15) is 0 Å². The van der Waals surface area contributed by atoms with Gasteiger partial charge in [0.05, 0.1) is 0 Å². The molecule has 2 heteroatoms. The Morgan fingerprint density at radius 1 is 1.10 bits per heavy atom.